The summed E-state index contributed by atoms with van der Waals surface area (Å²) < 4.78 is 29.7. The number of hydrogen-bond donors (Lipinski definition) is 1. The van der Waals surface area contributed by atoms with E-state index in [-0.39, 0.29) is 17.8 Å². The molecular formula is C24H29N5O3S. The summed E-state index contributed by atoms with van der Waals surface area (Å²) >= 11 is 0. The molecule has 0 radical (unpaired) electrons. The lowest BCUT2D eigenvalue weighted by Gasteiger charge is -2.31. The summed E-state index contributed by atoms with van der Waals surface area (Å²) in [5.41, 5.74) is 3.64. The highest BCUT2D eigenvalue weighted by Crippen LogP contribution is 2.29. The Morgan fingerprint density at radius 3 is 2.33 bits per heavy atom. The third kappa shape index (κ3) is 5.15. The van der Waals surface area contributed by atoms with Gasteiger partial charge in [-0.3, -0.25) is 10.1 Å². The molecule has 3 aromatic rings. The van der Waals surface area contributed by atoms with E-state index < -0.39 is 10.0 Å². The molecule has 1 fully saturated rings. The van der Waals surface area contributed by atoms with Gasteiger partial charge in [0.1, 0.15) is 6.33 Å². The molecule has 0 aliphatic carbocycles. The van der Waals surface area contributed by atoms with Gasteiger partial charge >= 0.3 is 0 Å². The molecule has 1 N–H and O–H groups in total. The third-order valence-electron chi connectivity index (χ3n) is 5.99. The fourth-order valence-electron chi connectivity index (χ4n) is 4.47. The zero-order chi connectivity index (χ0) is 23.6. The molecular weight excluding hydrogens is 438 g/mol. The van der Waals surface area contributed by atoms with Crippen molar-refractivity contribution in [1.82, 2.24) is 19.1 Å². The highest BCUT2D eigenvalue weighted by Gasteiger charge is 2.34. The summed E-state index contributed by atoms with van der Waals surface area (Å²) in [5, 5.41) is 7.11. The van der Waals surface area contributed by atoms with E-state index in [0.717, 1.165) is 22.3 Å². The highest BCUT2D eigenvalue weighted by molar-refractivity contribution is 7.89. The van der Waals surface area contributed by atoms with Gasteiger partial charge in [-0.05, 0) is 50.3 Å². The second kappa shape index (κ2) is 9.44. The molecule has 1 aliphatic heterocycles. The topological polar surface area (TPSA) is 97.2 Å². The molecule has 174 valence electrons. The lowest BCUT2D eigenvalue weighted by Crippen LogP contribution is -2.41. The van der Waals surface area contributed by atoms with Crippen molar-refractivity contribution in [2.75, 3.05) is 18.4 Å². The number of carbonyl (C=O) groups excluding carboxylic acids is 1. The maximum Gasteiger partial charge on any atom is 0.248 e. The summed E-state index contributed by atoms with van der Waals surface area (Å²) in [7, 11) is -3.60. The Kier molecular flexibility index (Phi) is 6.62. The number of aromatic nitrogens is 3. The lowest BCUT2D eigenvalue weighted by molar-refractivity contribution is -0.121. The highest BCUT2D eigenvalue weighted by atomic mass is 32.2. The maximum absolute atomic E-state index is 13.3. The molecule has 2 heterocycles. The first-order chi connectivity index (χ1) is 15.7. The van der Waals surface area contributed by atoms with Crippen LogP contribution in [0.5, 0.6) is 0 Å². The zero-order valence-electron chi connectivity index (χ0n) is 19.2. The number of nitrogens with zero attached hydrogens (tertiary/aromatic N) is 4. The molecule has 0 spiro atoms. The van der Waals surface area contributed by atoms with Crippen LogP contribution in [0.25, 0.3) is 0 Å². The van der Waals surface area contributed by atoms with E-state index in [1.807, 2.05) is 63.2 Å². The Labute approximate surface area is 194 Å². The van der Waals surface area contributed by atoms with Crippen LogP contribution in [0, 0.1) is 26.7 Å². The van der Waals surface area contributed by atoms with E-state index in [9.17, 15) is 13.2 Å². The molecule has 1 saturated heterocycles. The van der Waals surface area contributed by atoms with Crippen LogP contribution in [0.4, 0.5) is 5.95 Å². The Hall–Kier alpha value is -3.04. The molecule has 1 amide bonds. The van der Waals surface area contributed by atoms with Gasteiger partial charge in [-0.1, -0.05) is 48.0 Å². The van der Waals surface area contributed by atoms with E-state index >= 15 is 0 Å². The van der Waals surface area contributed by atoms with Gasteiger partial charge in [0.15, 0.2) is 0 Å². The molecule has 1 aromatic heterocycles. The zero-order valence-corrected chi connectivity index (χ0v) is 20.0. The number of aryl methyl sites for hydroxylation is 3. The van der Waals surface area contributed by atoms with Crippen molar-refractivity contribution in [3.05, 3.63) is 71.0 Å². The van der Waals surface area contributed by atoms with Crippen LogP contribution in [-0.4, -0.2) is 46.5 Å². The lowest BCUT2D eigenvalue weighted by atomic mass is 9.97. The number of benzene rings is 2. The van der Waals surface area contributed by atoms with Gasteiger partial charge in [0.2, 0.25) is 21.9 Å². The number of amides is 1. The van der Waals surface area contributed by atoms with E-state index in [2.05, 4.69) is 15.4 Å². The Bertz CT molecular complexity index is 1220. The van der Waals surface area contributed by atoms with Gasteiger partial charge in [0.05, 0.1) is 11.4 Å². The first-order valence-corrected chi connectivity index (χ1v) is 12.5. The first-order valence-electron chi connectivity index (χ1n) is 11.1. The second-order valence-corrected chi connectivity index (χ2v) is 10.5. The molecule has 4 rings (SSSR count). The number of anilines is 1. The summed E-state index contributed by atoms with van der Waals surface area (Å²) in [5.74, 6) is -0.193. The van der Waals surface area contributed by atoms with Crippen molar-refractivity contribution in [3.8, 4) is 0 Å². The minimum absolute atomic E-state index is 0.174. The van der Waals surface area contributed by atoms with Crippen molar-refractivity contribution < 1.29 is 13.2 Å². The fraction of sp³-hybridized carbons (Fsp3) is 0.375. The standard InChI is InChI=1S/C24H29N5O3S/c1-17-13-18(2)22(19(3)14-17)33(31,32)29-11-9-21(10-12-29)23(30)26-24-25-16-28(27-24)15-20-7-5-4-6-8-20/h4-8,13-14,16,21H,9-12,15H2,1-3H3,(H,26,27,30). The Morgan fingerprint density at radius 1 is 1.06 bits per heavy atom. The summed E-state index contributed by atoms with van der Waals surface area (Å²) in [6.07, 6.45) is 2.50. The van der Waals surface area contributed by atoms with Crippen LogP contribution in [-0.2, 0) is 21.4 Å². The number of piperidine rings is 1. The Balaban J connectivity index is 1.36. The summed E-state index contributed by atoms with van der Waals surface area (Å²) in [6.45, 7) is 6.80. The fourth-order valence-corrected chi connectivity index (χ4v) is 6.35. The molecule has 33 heavy (non-hydrogen) atoms. The SMILES string of the molecule is Cc1cc(C)c(S(=O)(=O)N2CCC(C(=O)Nc3ncn(Cc4ccccc4)n3)CC2)c(C)c1. The Morgan fingerprint density at radius 2 is 1.70 bits per heavy atom. The predicted octanol–water partition coefficient (Wildman–Crippen LogP) is 3.29. The van der Waals surface area contributed by atoms with Crippen LogP contribution in [0.3, 0.4) is 0 Å². The average Bonchev–Trinajstić information content (AvgIpc) is 3.20. The normalized spacial score (nSPS) is 15.5. The van der Waals surface area contributed by atoms with Gasteiger partial charge in [0.25, 0.3) is 0 Å². The van der Waals surface area contributed by atoms with Crippen LogP contribution < -0.4 is 5.32 Å². The van der Waals surface area contributed by atoms with Gasteiger partial charge in [-0.25, -0.2) is 18.1 Å². The van der Waals surface area contributed by atoms with Crippen LogP contribution >= 0.6 is 0 Å². The predicted molar refractivity (Wildman–Crippen MR) is 126 cm³/mol. The van der Waals surface area contributed by atoms with Crippen molar-refractivity contribution >= 4 is 21.9 Å². The number of rotatable bonds is 6. The monoisotopic (exact) mass is 467 g/mol. The van der Waals surface area contributed by atoms with E-state index in [1.54, 1.807) is 11.0 Å². The molecule has 9 heteroatoms. The molecule has 0 atom stereocenters. The molecule has 2 aromatic carbocycles. The summed E-state index contributed by atoms with van der Waals surface area (Å²) in [4.78, 5) is 17.3. The van der Waals surface area contributed by atoms with Gasteiger partial charge in [-0.15, -0.1) is 5.10 Å². The minimum Gasteiger partial charge on any atom is -0.293 e. The number of carbonyl (C=O) groups is 1. The molecule has 0 unspecified atom stereocenters. The van der Waals surface area contributed by atoms with E-state index in [4.69, 9.17) is 0 Å². The minimum atomic E-state index is -3.60. The number of sulfonamides is 1. The van der Waals surface area contributed by atoms with Crippen LogP contribution in [0.15, 0.2) is 53.7 Å². The van der Waals surface area contributed by atoms with Gasteiger partial charge < -0.3 is 0 Å². The molecule has 0 saturated carbocycles. The molecule has 1 aliphatic rings. The number of hydrogen-bond acceptors (Lipinski definition) is 5. The average molecular weight is 468 g/mol. The van der Waals surface area contributed by atoms with Crippen molar-refractivity contribution in [1.29, 1.82) is 0 Å². The van der Waals surface area contributed by atoms with Crippen LogP contribution in [0.1, 0.15) is 35.1 Å². The van der Waals surface area contributed by atoms with Gasteiger partial charge in [-0.2, -0.15) is 4.31 Å². The molecule has 0 bridgehead atoms. The smallest absolute Gasteiger partial charge is 0.248 e. The van der Waals surface area contributed by atoms with Crippen molar-refractivity contribution in [2.45, 2.75) is 45.1 Å². The largest absolute Gasteiger partial charge is 0.293 e. The number of nitrogens with one attached hydrogen (secondary N) is 1. The third-order valence-corrected chi connectivity index (χ3v) is 8.19. The first kappa shape index (κ1) is 23.1. The quantitative estimate of drug-likeness (QED) is 0.600. The van der Waals surface area contributed by atoms with Crippen molar-refractivity contribution in [3.63, 3.8) is 0 Å². The van der Waals surface area contributed by atoms with Crippen molar-refractivity contribution in [2.24, 2.45) is 5.92 Å². The van der Waals surface area contributed by atoms with Crippen LogP contribution in [0.2, 0.25) is 0 Å². The van der Waals surface area contributed by atoms with E-state index in [0.29, 0.717) is 37.4 Å². The summed E-state index contributed by atoms with van der Waals surface area (Å²) in [6, 6.07) is 13.7. The second-order valence-electron chi connectivity index (χ2n) is 8.65. The van der Waals surface area contributed by atoms with E-state index in [1.165, 1.54) is 4.31 Å². The maximum atomic E-state index is 13.3. The van der Waals surface area contributed by atoms with Gasteiger partial charge in [0, 0.05) is 19.0 Å². The molecule has 8 nitrogen and oxygen atoms in total.